The number of aromatic carboxylic acids is 1. The van der Waals surface area contributed by atoms with Gasteiger partial charge in [-0.1, -0.05) is 19.1 Å². The number of carboxylic acid groups (broad SMARTS) is 1. The summed E-state index contributed by atoms with van der Waals surface area (Å²) < 4.78 is 6.87. The van der Waals surface area contributed by atoms with E-state index in [1.807, 2.05) is 0 Å². The van der Waals surface area contributed by atoms with Crippen LogP contribution in [0.5, 0.6) is 0 Å². The molecule has 0 fully saturated rings. The van der Waals surface area contributed by atoms with Crippen LogP contribution in [0, 0.1) is 5.92 Å². The summed E-state index contributed by atoms with van der Waals surface area (Å²) in [5.41, 5.74) is 5.82. The number of hydrogen-bond acceptors (Lipinski definition) is 5. The van der Waals surface area contributed by atoms with Gasteiger partial charge in [0.25, 0.3) is 0 Å². The minimum Gasteiger partial charge on any atom is -0.476 e. The Morgan fingerprint density at radius 1 is 1.59 bits per heavy atom. The van der Waals surface area contributed by atoms with Crippen LogP contribution < -0.4 is 5.73 Å². The predicted octanol–water partition coefficient (Wildman–Crippen LogP) is 0.108. The third-order valence-corrected chi connectivity index (χ3v) is 2.13. The van der Waals surface area contributed by atoms with Crippen LogP contribution in [0.3, 0.4) is 0 Å². The van der Waals surface area contributed by atoms with Crippen LogP contribution >= 0.6 is 0 Å². The molecule has 7 heteroatoms. The molecule has 0 aromatic carbocycles. The summed E-state index contributed by atoms with van der Waals surface area (Å²) in [6.45, 7) is 5.80. The van der Waals surface area contributed by atoms with Crippen molar-refractivity contribution in [2.75, 3.05) is 13.2 Å². The molecule has 0 amide bonds. The highest BCUT2D eigenvalue weighted by Gasteiger charge is 2.17. The van der Waals surface area contributed by atoms with Gasteiger partial charge in [0.15, 0.2) is 5.69 Å². The third kappa shape index (κ3) is 3.79. The lowest BCUT2D eigenvalue weighted by atomic mass is 10.2. The molecule has 0 bridgehead atoms. The van der Waals surface area contributed by atoms with Gasteiger partial charge in [0.05, 0.1) is 18.8 Å². The monoisotopic (exact) mass is 242 g/mol. The summed E-state index contributed by atoms with van der Waals surface area (Å²) in [5, 5.41) is 16.2. The highest BCUT2D eigenvalue weighted by molar-refractivity contribution is 5.86. The zero-order chi connectivity index (χ0) is 12.8. The van der Waals surface area contributed by atoms with Gasteiger partial charge in [-0.2, -0.15) is 0 Å². The third-order valence-electron chi connectivity index (χ3n) is 2.13. The zero-order valence-electron chi connectivity index (χ0n) is 10.1. The van der Waals surface area contributed by atoms with Crippen LogP contribution in [-0.2, 0) is 17.8 Å². The summed E-state index contributed by atoms with van der Waals surface area (Å²) in [6.07, 6.45) is 0. The van der Waals surface area contributed by atoms with Gasteiger partial charge in [-0.25, -0.2) is 9.48 Å². The van der Waals surface area contributed by atoms with E-state index in [2.05, 4.69) is 24.2 Å². The second-order valence-corrected chi connectivity index (χ2v) is 4.09. The summed E-state index contributed by atoms with van der Waals surface area (Å²) in [6, 6.07) is 0. The Labute approximate surface area is 99.6 Å². The van der Waals surface area contributed by atoms with E-state index in [4.69, 9.17) is 15.6 Å². The highest BCUT2D eigenvalue weighted by atomic mass is 16.5. The molecule has 0 unspecified atom stereocenters. The molecule has 17 heavy (non-hydrogen) atoms. The van der Waals surface area contributed by atoms with Crippen molar-refractivity contribution in [1.29, 1.82) is 0 Å². The van der Waals surface area contributed by atoms with E-state index in [9.17, 15) is 4.79 Å². The van der Waals surface area contributed by atoms with E-state index in [0.29, 0.717) is 31.4 Å². The van der Waals surface area contributed by atoms with E-state index in [-0.39, 0.29) is 12.2 Å². The van der Waals surface area contributed by atoms with Crippen molar-refractivity contribution in [3.8, 4) is 0 Å². The minimum absolute atomic E-state index is 0.0867. The average molecular weight is 242 g/mol. The normalized spacial score (nSPS) is 11.1. The molecule has 3 N–H and O–H groups in total. The van der Waals surface area contributed by atoms with Gasteiger partial charge in [-0.05, 0) is 5.92 Å². The first kappa shape index (κ1) is 13.6. The van der Waals surface area contributed by atoms with E-state index in [1.165, 1.54) is 4.68 Å². The molecule has 1 heterocycles. The van der Waals surface area contributed by atoms with Crippen LogP contribution in [0.25, 0.3) is 0 Å². The van der Waals surface area contributed by atoms with Crippen LogP contribution in [0.4, 0.5) is 0 Å². The Hall–Kier alpha value is -1.47. The Morgan fingerprint density at radius 3 is 2.82 bits per heavy atom. The Balaban J connectivity index is 2.56. The van der Waals surface area contributed by atoms with Crippen molar-refractivity contribution in [2.45, 2.75) is 26.9 Å². The molecule has 0 saturated carbocycles. The molecule has 0 aliphatic heterocycles. The Morgan fingerprint density at radius 2 is 2.29 bits per heavy atom. The van der Waals surface area contributed by atoms with Gasteiger partial charge in [-0.15, -0.1) is 5.10 Å². The predicted molar refractivity (Wildman–Crippen MR) is 60.5 cm³/mol. The summed E-state index contributed by atoms with van der Waals surface area (Å²) in [7, 11) is 0. The van der Waals surface area contributed by atoms with Gasteiger partial charge >= 0.3 is 5.97 Å². The SMILES string of the molecule is CC(C)COCCn1nnc(C(=O)O)c1CN. The van der Waals surface area contributed by atoms with Crippen molar-refractivity contribution >= 4 is 5.97 Å². The average Bonchev–Trinajstić information content (AvgIpc) is 2.67. The summed E-state index contributed by atoms with van der Waals surface area (Å²) >= 11 is 0. The minimum atomic E-state index is -1.11. The van der Waals surface area contributed by atoms with E-state index < -0.39 is 5.97 Å². The first-order valence-electron chi connectivity index (χ1n) is 5.49. The second kappa shape index (κ2) is 6.31. The number of nitrogens with two attached hydrogens (primary N) is 1. The first-order valence-corrected chi connectivity index (χ1v) is 5.49. The van der Waals surface area contributed by atoms with E-state index in [1.54, 1.807) is 0 Å². The van der Waals surface area contributed by atoms with Gasteiger partial charge in [-0.3, -0.25) is 0 Å². The fourth-order valence-electron chi connectivity index (χ4n) is 1.35. The fraction of sp³-hybridized carbons (Fsp3) is 0.700. The largest absolute Gasteiger partial charge is 0.476 e. The lowest BCUT2D eigenvalue weighted by Crippen LogP contribution is -2.16. The number of carboxylic acids is 1. The molecular weight excluding hydrogens is 224 g/mol. The van der Waals surface area contributed by atoms with Crippen molar-refractivity contribution in [3.63, 3.8) is 0 Å². The van der Waals surface area contributed by atoms with Crippen LogP contribution in [0.15, 0.2) is 0 Å². The van der Waals surface area contributed by atoms with Crippen molar-refractivity contribution in [2.24, 2.45) is 11.7 Å². The molecule has 0 aliphatic rings. The second-order valence-electron chi connectivity index (χ2n) is 4.09. The molecule has 0 saturated heterocycles. The van der Waals surface area contributed by atoms with Crippen molar-refractivity contribution in [1.82, 2.24) is 15.0 Å². The lowest BCUT2D eigenvalue weighted by molar-refractivity contribution is 0.0688. The number of carbonyl (C=O) groups is 1. The first-order chi connectivity index (χ1) is 8.06. The molecule has 1 rings (SSSR count). The summed E-state index contributed by atoms with van der Waals surface area (Å²) in [4.78, 5) is 10.8. The maximum Gasteiger partial charge on any atom is 0.358 e. The molecular formula is C10H18N4O3. The van der Waals surface area contributed by atoms with Gasteiger partial charge in [0, 0.05) is 13.2 Å². The molecule has 1 aromatic rings. The zero-order valence-corrected chi connectivity index (χ0v) is 10.1. The van der Waals surface area contributed by atoms with Crippen LogP contribution in [0.2, 0.25) is 0 Å². The quantitative estimate of drug-likeness (QED) is 0.658. The van der Waals surface area contributed by atoms with Crippen LogP contribution in [0.1, 0.15) is 30.0 Å². The highest BCUT2D eigenvalue weighted by Crippen LogP contribution is 2.04. The van der Waals surface area contributed by atoms with E-state index >= 15 is 0 Å². The molecule has 0 aliphatic carbocycles. The van der Waals surface area contributed by atoms with Crippen LogP contribution in [-0.4, -0.2) is 39.3 Å². The van der Waals surface area contributed by atoms with E-state index in [0.717, 1.165) is 0 Å². The van der Waals surface area contributed by atoms with Gasteiger partial charge < -0.3 is 15.6 Å². The fourth-order valence-corrected chi connectivity index (χ4v) is 1.35. The topological polar surface area (TPSA) is 103 Å². The standard InChI is InChI=1S/C10H18N4O3/c1-7(2)6-17-4-3-14-8(5-11)9(10(15)16)12-13-14/h7H,3-6,11H2,1-2H3,(H,15,16). The van der Waals surface area contributed by atoms with Gasteiger partial charge in [0.2, 0.25) is 0 Å². The maximum absolute atomic E-state index is 10.8. The van der Waals surface area contributed by atoms with Crippen molar-refractivity contribution in [3.05, 3.63) is 11.4 Å². The van der Waals surface area contributed by atoms with Gasteiger partial charge in [0.1, 0.15) is 0 Å². The number of aromatic nitrogens is 3. The number of hydrogen-bond donors (Lipinski definition) is 2. The number of ether oxygens (including phenoxy) is 1. The molecule has 96 valence electrons. The lowest BCUT2D eigenvalue weighted by Gasteiger charge is -2.08. The molecule has 1 aromatic heterocycles. The Kier molecular flexibility index (Phi) is 5.05. The van der Waals surface area contributed by atoms with Crippen molar-refractivity contribution < 1.29 is 14.6 Å². The smallest absolute Gasteiger partial charge is 0.358 e. The summed E-state index contributed by atoms with van der Waals surface area (Å²) in [5.74, 6) is -0.644. The molecule has 0 spiro atoms. The molecule has 0 atom stereocenters. The number of nitrogens with zero attached hydrogens (tertiary/aromatic N) is 3. The Bertz CT molecular complexity index is 376. The molecule has 0 radical (unpaired) electrons. The number of rotatable bonds is 7. The molecule has 7 nitrogen and oxygen atoms in total. The maximum atomic E-state index is 10.8.